The van der Waals surface area contributed by atoms with Gasteiger partial charge in [0, 0.05) is 6.07 Å². The fourth-order valence-electron chi connectivity index (χ4n) is 1.14. The first-order valence-electron chi connectivity index (χ1n) is 4.49. The fraction of sp³-hybridized carbons (Fsp3) is 0.250. The third-order valence-corrected chi connectivity index (χ3v) is 3.22. The van der Waals surface area contributed by atoms with E-state index in [0.717, 1.165) is 0 Å². The molecule has 2 aromatic heterocycles. The molecule has 2 heterocycles. The minimum atomic E-state index is -3.56. The minimum Gasteiger partial charge on any atom is -0.361 e. The number of aromatic nitrogens is 3. The van der Waals surface area contributed by atoms with Crippen LogP contribution in [0.15, 0.2) is 27.9 Å². The Labute approximate surface area is 91.9 Å². The van der Waals surface area contributed by atoms with E-state index < -0.39 is 10.0 Å². The van der Waals surface area contributed by atoms with Crippen LogP contribution in [0.3, 0.4) is 0 Å². The summed E-state index contributed by atoms with van der Waals surface area (Å²) < 4.78 is 30.5. The Balaban J connectivity index is 2.06. The van der Waals surface area contributed by atoms with Crippen molar-refractivity contribution in [2.45, 2.75) is 18.5 Å². The quantitative estimate of drug-likeness (QED) is 0.796. The molecule has 2 N–H and O–H groups in total. The van der Waals surface area contributed by atoms with Gasteiger partial charge >= 0.3 is 0 Å². The Hall–Kier alpha value is -1.67. The molecule has 0 spiro atoms. The van der Waals surface area contributed by atoms with E-state index in [4.69, 9.17) is 4.52 Å². The zero-order valence-electron chi connectivity index (χ0n) is 8.47. The third kappa shape index (κ3) is 2.28. The van der Waals surface area contributed by atoms with E-state index in [2.05, 4.69) is 20.1 Å². The fourth-order valence-corrected chi connectivity index (χ4v) is 2.05. The summed E-state index contributed by atoms with van der Waals surface area (Å²) in [6.07, 6.45) is 1.37. The van der Waals surface area contributed by atoms with Crippen LogP contribution in [0.25, 0.3) is 0 Å². The lowest BCUT2D eigenvalue weighted by molar-refractivity contribution is 0.390. The van der Waals surface area contributed by atoms with Gasteiger partial charge in [0.05, 0.1) is 18.4 Å². The van der Waals surface area contributed by atoms with Crippen molar-refractivity contribution in [1.29, 1.82) is 0 Å². The number of hydrogen-bond donors (Lipinski definition) is 2. The third-order valence-electron chi connectivity index (χ3n) is 1.88. The van der Waals surface area contributed by atoms with Gasteiger partial charge in [-0.25, -0.2) is 13.1 Å². The molecule has 86 valence electrons. The van der Waals surface area contributed by atoms with E-state index in [0.29, 0.717) is 11.5 Å². The van der Waals surface area contributed by atoms with Gasteiger partial charge in [0.2, 0.25) is 0 Å². The molecule has 0 saturated heterocycles. The predicted octanol–water partition coefficient (Wildman–Crippen LogP) is 0.185. The highest BCUT2D eigenvalue weighted by Crippen LogP contribution is 2.05. The lowest BCUT2D eigenvalue weighted by Gasteiger charge is -2.01. The first-order chi connectivity index (χ1) is 7.58. The van der Waals surface area contributed by atoms with Crippen molar-refractivity contribution < 1.29 is 12.9 Å². The van der Waals surface area contributed by atoms with Crippen LogP contribution in [-0.2, 0) is 16.6 Å². The summed E-state index contributed by atoms with van der Waals surface area (Å²) >= 11 is 0. The van der Waals surface area contributed by atoms with Crippen LogP contribution in [0.1, 0.15) is 11.5 Å². The molecular weight excluding hydrogens is 232 g/mol. The Morgan fingerprint density at radius 2 is 2.38 bits per heavy atom. The molecule has 0 amide bonds. The topological polar surface area (TPSA) is 101 Å². The zero-order valence-corrected chi connectivity index (χ0v) is 9.28. The average Bonchev–Trinajstić information content (AvgIpc) is 2.85. The molecule has 0 fully saturated rings. The van der Waals surface area contributed by atoms with Crippen molar-refractivity contribution in [2.75, 3.05) is 0 Å². The first kappa shape index (κ1) is 10.8. The van der Waals surface area contributed by atoms with Crippen LogP contribution in [0.2, 0.25) is 0 Å². The molecule has 7 nitrogen and oxygen atoms in total. The van der Waals surface area contributed by atoms with E-state index in [9.17, 15) is 8.42 Å². The van der Waals surface area contributed by atoms with Crippen molar-refractivity contribution in [3.63, 3.8) is 0 Å². The average molecular weight is 242 g/mol. The number of hydrogen-bond acceptors (Lipinski definition) is 5. The maximum absolute atomic E-state index is 11.6. The largest absolute Gasteiger partial charge is 0.361 e. The van der Waals surface area contributed by atoms with Gasteiger partial charge in [-0.2, -0.15) is 5.10 Å². The second-order valence-electron chi connectivity index (χ2n) is 3.17. The Morgan fingerprint density at radius 1 is 1.56 bits per heavy atom. The van der Waals surface area contributed by atoms with E-state index in [1.54, 1.807) is 13.0 Å². The molecule has 0 saturated carbocycles. The van der Waals surface area contributed by atoms with Crippen LogP contribution in [0.5, 0.6) is 0 Å². The van der Waals surface area contributed by atoms with Gasteiger partial charge in [-0.3, -0.25) is 5.10 Å². The van der Waals surface area contributed by atoms with Crippen LogP contribution in [0, 0.1) is 6.92 Å². The van der Waals surface area contributed by atoms with Gasteiger partial charge in [-0.1, -0.05) is 5.16 Å². The molecule has 0 aliphatic heterocycles. The second-order valence-corrected chi connectivity index (χ2v) is 4.91. The summed E-state index contributed by atoms with van der Waals surface area (Å²) in [5.74, 6) is 0.635. The highest BCUT2D eigenvalue weighted by atomic mass is 32.2. The lowest BCUT2D eigenvalue weighted by Crippen LogP contribution is -2.23. The SMILES string of the molecule is Cc1cc(CNS(=O)(=O)c2ccn[nH]2)no1. The lowest BCUT2D eigenvalue weighted by atomic mass is 10.4. The van der Waals surface area contributed by atoms with Crippen molar-refractivity contribution in [3.8, 4) is 0 Å². The molecule has 0 unspecified atom stereocenters. The van der Waals surface area contributed by atoms with Crippen LogP contribution in [-0.4, -0.2) is 23.8 Å². The number of aryl methyl sites for hydroxylation is 1. The number of nitrogens with zero attached hydrogens (tertiary/aromatic N) is 2. The number of sulfonamides is 1. The molecule has 0 bridgehead atoms. The first-order valence-corrected chi connectivity index (χ1v) is 5.97. The highest BCUT2D eigenvalue weighted by Gasteiger charge is 2.15. The number of nitrogens with one attached hydrogen (secondary N) is 2. The van der Waals surface area contributed by atoms with Crippen LogP contribution < -0.4 is 4.72 Å². The van der Waals surface area contributed by atoms with E-state index in [-0.39, 0.29) is 11.6 Å². The molecule has 0 aromatic carbocycles. The normalized spacial score (nSPS) is 11.8. The van der Waals surface area contributed by atoms with Gasteiger partial charge in [-0.05, 0) is 13.0 Å². The molecule has 0 radical (unpaired) electrons. The van der Waals surface area contributed by atoms with Crippen molar-refractivity contribution in [3.05, 3.63) is 29.8 Å². The molecule has 0 atom stereocenters. The Kier molecular flexibility index (Phi) is 2.75. The molecule has 16 heavy (non-hydrogen) atoms. The summed E-state index contributed by atoms with van der Waals surface area (Å²) in [6, 6.07) is 3.03. The molecule has 2 rings (SSSR count). The number of aromatic amines is 1. The summed E-state index contributed by atoms with van der Waals surface area (Å²) in [4.78, 5) is 0. The minimum absolute atomic E-state index is 0.0210. The van der Waals surface area contributed by atoms with E-state index in [1.807, 2.05) is 0 Å². The van der Waals surface area contributed by atoms with Crippen molar-refractivity contribution >= 4 is 10.0 Å². The Bertz CT molecular complexity index is 558. The number of H-pyrrole nitrogens is 1. The van der Waals surface area contributed by atoms with Crippen LogP contribution in [0.4, 0.5) is 0 Å². The smallest absolute Gasteiger partial charge is 0.257 e. The van der Waals surface area contributed by atoms with Gasteiger partial charge < -0.3 is 4.52 Å². The van der Waals surface area contributed by atoms with E-state index in [1.165, 1.54) is 12.3 Å². The molecule has 0 aliphatic rings. The summed E-state index contributed by atoms with van der Waals surface area (Å²) in [5.41, 5.74) is 0.528. The molecule has 8 heteroatoms. The van der Waals surface area contributed by atoms with Crippen LogP contribution >= 0.6 is 0 Å². The summed E-state index contributed by atoms with van der Waals surface area (Å²) in [5, 5.41) is 9.64. The van der Waals surface area contributed by atoms with Gasteiger partial charge in [0.25, 0.3) is 10.0 Å². The molecule has 2 aromatic rings. The van der Waals surface area contributed by atoms with Gasteiger partial charge in [0.15, 0.2) is 5.03 Å². The Morgan fingerprint density at radius 3 is 2.94 bits per heavy atom. The van der Waals surface area contributed by atoms with Crippen molar-refractivity contribution in [1.82, 2.24) is 20.1 Å². The summed E-state index contributed by atoms with van der Waals surface area (Å²) in [6.45, 7) is 1.82. The highest BCUT2D eigenvalue weighted by molar-refractivity contribution is 7.89. The standard InChI is InChI=1S/C8H10N4O3S/c1-6-4-7(12-15-6)5-10-16(13,14)8-2-3-9-11-8/h2-4,10H,5H2,1H3,(H,9,11). The number of rotatable bonds is 4. The van der Waals surface area contributed by atoms with Crippen molar-refractivity contribution in [2.24, 2.45) is 0 Å². The molecule has 0 aliphatic carbocycles. The second kappa shape index (κ2) is 4.06. The zero-order chi connectivity index (χ0) is 11.6. The molecular formula is C8H10N4O3S. The van der Waals surface area contributed by atoms with E-state index >= 15 is 0 Å². The van der Waals surface area contributed by atoms with Gasteiger partial charge in [-0.15, -0.1) is 0 Å². The van der Waals surface area contributed by atoms with Gasteiger partial charge in [0.1, 0.15) is 5.76 Å². The monoisotopic (exact) mass is 242 g/mol. The maximum Gasteiger partial charge on any atom is 0.257 e. The summed E-state index contributed by atoms with van der Waals surface area (Å²) in [7, 11) is -3.56. The predicted molar refractivity (Wildman–Crippen MR) is 53.9 cm³/mol. The maximum atomic E-state index is 11.6.